The number of aliphatic hydroxyl groups is 3. The predicted octanol–water partition coefficient (Wildman–Crippen LogP) is -0.369. The molecule has 0 amide bonds. The molecule has 7 nitrogen and oxygen atoms in total. The lowest BCUT2D eigenvalue weighted by atomic mass is 10.2. The van der Waals surface area contributed by atoms with E-state index in [-0.39, 0.29) is 18.8 Å². The molecule has 0 bridgehead atoms. The van der Waals surface area contributed by atoms with Crippen molar-refractivity contribution in [2.24, 2.45) is 0 Å². The molecule has 0 aliphatic heterocycles. The third-order valence-corrected chi connectivity index (χ3v) is 1.73. The van der Waals surface area contributed by atoms with Crippen LogP contribution < -0.4 is 0 Å². The largest absolute Gasteiger partial charge is 0.466 e. The van der Waals surface area contributed by atoms with Crippen LogP contribution in [0.3, 0.4) is 0 Å². The van der Waals surface area contributed by atoms with Crippen molar-refractivity contribution in [3.63, 3.8) is 0 Å². The molecule has 7 heteroatoms. The summed E-state index contributed by atoms with van der Waals surface area (Å²) in [6.45, 7) is 2.26. The Morgan fingerprint density at radius 2 is 1.59 bits per heavy atom. The number of rotatable bonds is 8. The van der Waals surface area contributed by atoms with Crippen molar-refractivity contribution in [3.05, 3.63) is 0 Å². The molecule has 3 N–H and O–H groups in total. The molecule has 0 aromatic carbocycles. The van der Waals surface area contributed by atoms with Gasteiger partial charge in [-0.25, -0.2) is 0 Å². The van der Waals surface area contributed by atoms with E-state index < -0.39 is 12.1 Å². The minimum Gasteiger partial charge on any atom is -0.466 e. The molecule has 0 rings (SSSR count). The summed E-state index contributed by atoms with van der Waals surface area (Å²) < 4.78 is 8.62. The Hall–Kier alpha value is -1.18. The Bertz CT molecular complexity index is 244. The maximum Gasteiger partial charge on any atom is 0.455 e. The number of hydrogen-bond acceptors (Lipinski definition) is 7. The highest BCUT2D eigenvalue weighted by atomic mass is 16.9. The molecule has 0 saturated heterocycles. The highest BCUT2D eigenvalue weighted by molar-refractivity contribution is 5.70. The summed E-state index contributed by atoms with van der Waals surface area (Å²) in [5.41, 5.74) is 0. The van der Waals surface area contributed by atoms with E-state index in [0.29, 0.717) is 19.4 Å². The molecule has 17 heavy (non-hydrogen) atoms. The lowest BCUT2D eigenvalue weighted by Crippen LogP contribution is -2.33. The van der Waals surface area contributed by atoms with Crippen molar-refractivity contribution < 1.29 is 34.4 Å². The molecule has 0 unspecified atom stereocenters. The summed E-state index contributed by atoms with van der Waals surface area (Å²) in [4.78, 5) is 21.9. The normalized spacial score (nSPS) is 11.1. The molecule has 0 radical (unpaired) electrons. The summed E-state index contributed by atoms with van der Waals surface area (Å²) in [5.74, 6) is -1.29. The minimum atomic E-state index is -3.43. The second-order valence-corrected chi connectivity index (χ2v) is 3.48. The molecule has 0 heterocycles. The molecule has 0 aliphatic rings. The van der Waals surface area contributed by atoms with Crippen molar-refractivity contribution in [2.75, 3.05) is 6.61 Å². The van der Waals surface area contributed by atoms with Gasteiger partial charge in [-0.3, -0.25) is 9.59 Å². The summed E-state index contributed by atoms with van der Waals surface area (Å²) >= 11 is 0. The standard InChI is InChI=1S/C10H18O7/c1-2-7-16-8(11)5-3-4-6-9(12)17-10(13,14)15/h13-15H,2-7H2,1H3. The van der Waals surface area contributed by atoms with Crippen LogP contribution in [0.5, 0.6) is 0 Å². The van der Waals surface area contributed by atoms with Gasteiger partial charge in [0.05, 0.1) is 6.61 Å². The first-order chi connectivity index (χ1) is 7.85. The van der Waals surface area contributed by atoms with Crippen LogP contribution >= 0.6 is 0 Å². The second-order valence-electron chi connectivity index (χ2n) is 3.48. The van der Waals surface area contributed by atoms with E-state index in [2.05, 4.69) is 4.74 Å². The molecule has 0 aromatic heterocycles. The zero-order valence-electron chi connectivity index (χ0n) is 9.72. The Kier molecular flexibility index (Phi) is 7.44. The first kappa shape index (κ1) is 15.8. The number of carbonyl (C=O) groups is 2. The van der Waals surface area contributed by atoms with Gasteiger partial charge in [0.2, 0.25) is 0 Å². The average molecular weight is 250 g/mol. The van der Waals surface area contributed by atoms with Crippen LogP contribution in [0.4, 0.5) is 0 Å². The Morgan fingerprint density at radius 1 is 1.06 bits per heavy atom. The van der Waals surface area contributed by atoms with Gasteiger partial charge >= 0.3 is 18.1 Å². The second kappa shape index (κ2) is 7.99. The summed E-state index contributed by atoms with van der Waals surface area (Å²) in [5, 5.41) is 25.0. The minimum absolute atomic E-state index is 0.121. The van der Waals surface area contributed by atoms with Crippen LogP contribution in [0.15, 0.2) is 0 Å². The van der Waals surface area contributed by atoms with E-state index in [1.807, 2.05) is 6.92 Å². The smallest absolute Gasteiger partial charge is 0.455 e. The first-order valence-electron chi connectivity index (χ1n) is 5.39. The van der Waals surface area contributed by atoms with Crippen LogP contribution in [-0.2, 0) is 19.1 Å². The third kappa shape index (κ3) is 11.1. The van der Waals surface area contributed by atoms with Gasteiger partial charge in [0.1, 0.15) is 0 Å². The summed E-state index contributed by atoms with van der Waals surface area (Å²) in [6, 6.07) is 0. The Labute approximate surface area is 99.0 Å². The average Bonchev–Trinajstić information content (AvgIpc) is 2.19. The number of hydrogen-bond donors (Lipinski definition) is 3. The monoisotopic (exact) mass is 250 g/mol. The summed E-state index contributed by atoms with van der Waals surface area (Å²) in [7, 11) is 0. The molecular formula is C10H18O7. The van der Waals surface area contributed by atoms with Crippen molar-refractivity contribution in [2.45, 2.75) is 45.2 Å². The van der Waals surface area contributed by atoms with Gasteiger partial charge in [-0.05, 0) is 19.3 Å². The van der Waals surface area contributed by atoms with Gasteiger partial charge in [0, 0.05) is 12.8 Å². The van der Waals surface area contributed by atoms with Crippen LogP contribution in [0.1, 0.15) is 39.0 Å². The number of esters is 2. The quantitative estimate of drug-likeness (QED) is 0.306. The SMILES string of the molecule is CCCOC(=O)CCCCC(=O)OC(O)(O)O. The molecule has 0 atom stereocenters. The van der Waals surface area contributed by atoms with Crippen molar-refractivity contribution in [1.82, 2.24) is 0 Å². The van der Waals surface area contributed by atoms with Crippen molar-refractivity contribution in [3.8, 4) is 0 Å². The highest BCUT2D eigenvalue weighted by Gasteiger charge is 2.24. The lowest BCUT2D eigenvalue weighted by Gasteiger charge is -2.13. The summed E-state index contributed by atoms with van der Waals surface area (Å²) in [6.07, 6.45) is -1.86. The van der Waals surface area contributed by atoms with Crippen LogP contribution in [0, 0.1) is 0 Å². The Morgan fingerprint density at radius 3 is 2.06 bits per heavy atom. The fourth-order valence-corrected chi connectivity index (χ4v) is 1.03. The molecule has 0 aromatic rings. The van der Waals surface area contributed by atoms with E-state index in [4.69, 9.17) is 20.1 Å². The maximum atomic E-state index is 11.0. The van der Waals surface area contributed by atoms with Gasteiger partial charge in [0.15, 0.2) is 0 Å². The van der Waals surface area contributed by atoms with Gasteiger partial charge in [-0.1, -0.05) is 6.92 Å². The molecule has 0 saturated carbocycles. The molecule has 100 valence electrons. The van der Waals surface area contributed by atoms with Crippen molar-refractivity contribution >= 4 is 11.9 Å². The van der Waals surface area contributed by atoms with Crippen LogP contribution in [-0.4, -0.2) is 40.0 Å². The fourth-order valence-electron chi connectivity index (χ4n) is 1.03. The highest BCUT2D eigenvalue weighted by Crippen LogP contribution is 2.05. The Balaban J connectivity index is 3.51. The van der Waals surface area contributed by atoms with E-state index in [9.17, 15) is 9.59 Å². The van der Waals surface area contributed by atoms with Crippen LogP contribution in [0.2, 0.25) is 0 Å². The van der Waals surface area contributed by atoms with E-state index in [1.165, 1.54) is 0 Å². The topological polar surface area (TPSA) is 113 Å². The van der Waals surface area contributed by atoms with Gasteiger partial charge < -0.3 is 24.8 Å². The fraction of sp³-hybridized carbons (Fsp3) is 0.800. The first-order valence-corrected chi connectivity index (χ1v) is 5.39. The van der Waals surface area contributed by atoms with Gasteiger partial charge in [0.25, 0.3) is 0 Å². The van der Waals surface area contributed by atoms with E-state index in [1.54, 1.807) is 0 Å². The van der Waals surface area contributed by atoms with E-state index >= 15 is 0 Å². The van der Waals surface area contributed by atoms with Crippen LogP contribution in [0.25, 0.3) is 0 Å². The molecule has 0 aliphatic carbocycles. The molecule has 0 spiro atoms. The number of unbranched alkanes of at least 4 members (excludes halogenated alkanes) is 1. The van der Waals surface area contributed by atoms with E-state index in [0.717, 1.165) is 6.42 Å². The maximum absolute atomic E-state index is 11.0. The zero-order valence-corrected chi connectivity index (χ0v) is 9.72. The molecular weight excluding hydrogens is 232 g/mol. The van der Waals surface area contributed by atoms with Crippen molar-refractivity contribution in [1.29, 1.82) is 0 Å². The third-order valence-electron chi connectivity index (χ3n) is 1.73. The number of ether oxygens (including phenoxy) is 2. The van der Waals surface area contributed by atoms with Gasteiger partial charge in [-0.15, -0.1) is 0 Å². The zero-order chi connectivity index (χ0) is 13.3. The molecule has 0 fully saturated rings. The van der Waals surface area contributed by atoms with Gasteiger partial charge in [-0.2, -0.15) is 0 Å². The lowest BCUT2D eigenvalue weighted by molar-refractivity contribution is -0.435. The predicted molar refractivity (Wildman–Crippen MR) is 55.2 cm³/mol. The number of carbonyl (C=O) groups excluding carboxylic acids is 2.